The van der Waals surface area contributed by atoms with Crippen molar-refractivity contribution in [3.63, 3.8) is 0 Å². The summed E-state index contributed by atoms with van der Waals surface area (Å²) in [6.45, 7) is 0.821. The summed E-state index contributed by atoms with van der Waals surface area (Å²) in [5, 5.41) is 7.31. The van der Waals surface area contributed by atoms with Gasteiger partial charge in [-0.25, -0.2) is 13.0 Å². The Morgan fingerprint density at radius 2 is 1.68 bits per heavy atom. The molecule has 0 radical (unpaired) electrons. The third kappa shape index (κ3) is 3.31. The molecule has 3 aromatic rings. The molecular formula is C17H15F3N4O3S. The van der Waals surface area contributed by atoms with Gasteiger partial charge in [0.15, 0.2) is 5.52 Å². The van der Waals surface area contributed by atoms with E-state index in [9.17, 15) is 21.6 Å². The smallest absolute Gasteiger partial charge is 0.369 e. The first-order chi connectivity index (χ1) is 13.3. The number of piperazine rings is 1. The minimum atomic E-state index is -4.43. The molecular weight excluding hydrogens is 397 g/mol. The van der Waals surface area contributed by atoms with Crippen molar-refractivity contribution in [2.75, 3.05) is 31.1 Å². The molecule has 0 amide bonds. The van der Waals surface area contributed by atoms with Gasteiger partial charge >= 0.3 is 6.18 Å². The van der Waals surface area contributed by atoms with Gasteiger partial charge in [0.2, 0.25) is 10.0 Å². The number of nitrogens with zero attached hydrogens (tertiary/aromatic N) is 4. The average Bonchev–Trinajstić information content (AvgIpc) is 3.16. The number of anilines is 1. The highest BCUT2D eigenvalue weighted by atomic mass is 32.2. The molecule has 7 nitrogen and oxygen atoms in total. The lowest BCUT2D eigenvalue weighted by Gasteiger charge is -2.35. The molecule has 1 aliphatic heterocycles. The largest absolute Gasteiger partial charge is 0.416 e. The second kappa shape index (κ2) is 6.74. The third-order valence-electron chi connectivity index (χ3n) is 4.64. The third-order valence-corrected chi connectivity index (χ3v) is 6.57. The second-order valence-electron chi connectivity index (χ2n) is 6.33. The zero-order valence-electron chi connectivity index (χ0n) is 14.4. The van der Waals surface area contributed by atoms with E-state index in [-0.39, 0.29) is 36.6 Å². The molecule has 1 aromatic heterocycles. The number of hydrogen-bond acceptors (Lipinski definition) is 6. The predicted molar refractivity (Wildman–Crippen MR) is 94.2 cm³/mol. The fourth-order valence-corrected chi connectivity index (χ4v) is 4.75. The highest BCUT2D eigenvalue weighted by Gasteiger charge is 2.33. The van der Waals surface area contributed by atoms with Gasteiger partial charge in [0, 0.05) is 31.9 Å². The van der Waals surface area contributed by atoms with Crippen LogP contribution in [-0.2, 0) is 16.2 Å². The Hall–Kier alpha value is -2.66. The number of sulfonamides is 1. The van der Waals surface area contributed by atoms with E-state index in [4.69, 9.17) is 0 Å². The minimum Gasteiger partial charge on any atom is -0.369 e. The average molecular weight is 412 g/mol. The van der Waals surface area contributed by atoms with E-state index in [2.05, 4.69) is 14.9 Å². The number of halogens is 3. The van der Waals surface area contributed by atoms with Crippen molar-refractivity contribution >= 4 is 26.7 Å². The van der Waals surface area contributed by atoms with Crippen LogP contribution in [0.2, 0.25) is 0 Å². The van der Waals surface area contributed by atoms with Crippen molar-refractivity contribution in [1.82, 2.24) is 14.6 Å². The molecule has 0 aliphatic carbocycles. The van der Waals surface area contributed by atoms with Crippen molar-refractivity contribution in [2.24, 2.45) is 0 Å². The summed E-state index contributed by atoms with van der Waals surface area (Å²) in [7, 11) is -3.83. The van der Waals surface area contributed by atoms with Gasteiger partial charge in [-0.2, -0.15) is 17.5 Å². The van der Waals surface area contributed by atoms with Gasteiger partial charge in [0.25, 0.3) is 0 Å². The van der Waals surface area contributed by atoms with Crippen LogP contribution in [0.25, 0.3) is 11.0 Å². The van der Waals surface area contributed by atoms with Gasteiger partial charge in [-0.05, 0) is 40.6 Å². The molecule has 0 bridgehead atoms. The van der Waals surface area contributed by atoms with Gasteiger partial charge in [-0.15, -0.1) is 0 Å². The van der Waals surface area contributed by atoms with Crippen LogP contribution in [0.4, 0.5) is 18.9 Å². The zero-order chi connectivity index (χ0) is 19.9. The molecule has 0 N–H and O–H groups in total. The Labute approximate surface area is 158 Å². The number of alkyl halides is 3. The van der Waals surface area contributed by atoms with Crippen LogP contribution in [0.5, 0.6) is 0 Å². The Bertz CT molecular complexity index is 1110. The van der Waals surface area contributed by atoms with Crippen molar-refractivity contribution in [3.8, 4) is 0 Å². The molecule has 1 saturated heterocycles. The quantitative estimate of drug-likeness (QED) is 0.658. The highest BCUT2D eigenvalue weighted by molar-refractivity contribution is 7.89. The van der Waals surface area contributed by atoms with Crippen LogP contribution in [0.15, 0.2) is 52.0 Å². The summed E-state index contributed by atoms with van der Waals surface area (Å²) in [6, 6.07) is 9.60. The van der Waals surface area contributed by atoms with Crippen molar-refractivity contribution in [3.05, 3.63) is 48.0 Å². The normalized spacial score (nSPS) is 16.6. The monoisotopic (exact) mass is 412 g/mol. The number of rotatable bonds is 3. The molecule has 1 aliphatic rings. The lowest BCUT2D eigenvalue weighted by Crippen LogP contribution is -2.48. The molecule has 148 valence electrons. The van der Waals surface area contributed by atoms with Crippen LogP contribution < -0.4 is 4.90 Å². The Morgan fingerprint density at radius 3 is 2.39 bits per heavy atom. The molecule has 0 unspecified atom stereocenters. The summed E-state index contributed by atoms with van der Waals surface area (Å²) >= 11 is 0. The lowest BCUT2D eigenvalue weighted by molar-refractivity contribution is -0.137. The van der Waals surface area contributed by atoms with Crippen LogP contribution in [-0.4, -0.2) is 49.2 Å². The van der Waals surface area contributed by atoms with Crippen molar-refractivity contribution in [1.29, 1.82) is 0 Å². The van der Waals surface area contributed by atoms with Crippen LogP contribution in [0.3, 0.4) is 0 Å². The minimum absolute atomic E-state index is 0.00114. The zero-order valence-corrected chi connectivity index (χ0v) is 15.2. The maximum atomic E-state index is 13.0. The van der Waals surface area contributed by atoms with Crippen LogP contribution >= 0.6 is 0 Å². The number of benzene rings is 2. The van der Waals surface area contributed by atoms with Gasteiger partial charge < -0.3 is 4.90 Å². The first-order valence-electron chi connectivity index (χ1n) is 8.40. The summed E-state index contributed by atoms with van der Waals surface area (Å²) in [5.74, 6) is 0. The summed E-state index contributed by atoms with van der Waals surface area (Å²) in [6.07, 6.45) is -4.43. The first kappa shape index (κ1) is 18.7. The number of fused-ring (bicyclic) bond motifs is 1. The molecule has 0 atom stereocenters. The van der Waals surface area contributed by atoms with Crippen LogP contribution in [0, 0.1) is 0 Å². The molecule has 0 spiro atoms. The van der Waals surface area contributed by atoms with E-state index < -0.39 is 21.8 Å². The standard InChI is InChI=1S/C17H15F3N4O3S/c18-17(19,20)12-3-1-4-13(11-12)23-7-9-24(10-8-23)28(25,26)15-6-2-5-14-16(15)22-27-21-14/h1-6,11H,7-10H2. The fraction of sp³-hybridized carbons (Fsp3) is 0.294. The van der Waals surface area contributed by atoms with E-state index >= 15 is 0 Å². The highest BCUT2D eigenvalue weighted by Crippen LogP contribution is 2.32. The molecule has 11 heteroatoms. The molecule has 1 fully saturated rings. The Kier molecular flexibility index (Phi) is 4.50. The summed E-state index contributed by atoms with van der Waals surface area (Å²) < 4.78 is 70.6. The molecule has 2 heterocycles. The van der Waals surface area contributed by atoms with E-state index in [0.29, 0.717) is 11.2 Å². The molecule has 28 heavy (non-hydrogen) atoms. The Morgan fingerprint density at radius 1 is 0.964 bits per heavy atom. The van der Waals surface area contributed by atoms with E-state index in [1.165, 1.54) is 16.4 Å². The van der Waals surface area contributed by atoms with Gasteiger partial charge in [-0.1, -0.05) is 12.1 Å². The number of aromatic nitrogens is 2. The molecule has 4 rings (SSSR count). The SMILES string of the molecule is O=S(=O)(c1cccc2nonc12)N1CCN(c2cccc(C(F)(F)F)c2)CC1. The fourth-order valence-electron chi connectivity index (χ4n) is 3.19. The maximum Gasteiger partial charge on any atom is 0.416 e. The van der Waals surface area contributed by atoms with Gasteiger partial charge in [0.1, 0.15) is 10.4 Å². The summed E-state index contributed by atoms with van der Waals surface area (Å²) in [4.78, 5) is 1.73. The Balaban J connectivity index is 1.54. The predicted octanol–water partition coefficient (Wildman–Crippen LogP) is 2.75. The first-order valence-corrected chi connectivity index (χ1v) is 9.84. The maximum absolute atomic E-state index is 13.0. The second-order valence-corrected chi connectivity index (χ2v) is 8.23. The van der Waals surface area contributed by atoms with Gasteiger partial charge in [-0.3, -0.25) is 0 Å². The molecule has 2 aromatic carbocycles. The van der Waals surface area contributed by atoms with E-state index in [1.54, 1.807) is 23.1 Å². The number of hydrogen-bond donors (Lipinski definition) is 0. The van der Waals surface area contributed by atoms with E-state index in [0.717, 1.165) is 12.1 Å². The van der Waals surface area contributed by atoms with Crippen molar-refractivity contribution in [2.45, 2.75) is 11.1 Å². The van der Waals surface area contributed by atoms with Gasteiger partial charge in [0.05, 0.1) is 5.56 Å². The summed E-state index contributed by atoms with van der Waals surface area (Å²) in [5.41, 5.74) is 0.173. The van der Waals surface area contributed by atoms with Crippen LogP contribution in [0.1, 0.15) is 5.56 Å². The lowest BCUT2D eigenvalue weighted by atomic mass is 10.1. The molecule has 0 saturated carbocycles. The van der Waals surface area contributed by atoms with E-state index in [1.807, 2.05) is 0 Å². The topological polar surface area (TPSA) is 79.5 Å². The van der Waals surface area contributed by atoms with Crippen molar-refractivity contribution < 1.29 is 26.2 Å².